The molecule has 0 amide bonds. The number of benzene rings is 3. The van der Waals surface area contributed by atoms with Crippen molar-refractivity contribution in [2.75, 3.05) is 48.8 Å². The topological polar surface area (TPSA) is 121 Å². The highest BCUT2D eigenvalue weighted by molar-refractivity contribution is 5.89. The predicted molar refractivity (Wildman–Crippen MR) is 170 cm³/mol. The first kappa shape index (κ1) is 31.2. The first-order chi connectivity index (χ1) is 22.0. The van der Waals surface area contributed by atoms with Crippen molar-refractivity contribution in [2.24, 2.45) is 0 Å². The number of unbranched alkanes of at least 4 members (excludes halogenated alkanes) is 3. The number of rotatable bonds is 15. The van der Waals surface area contributed by atoms with Crippen molar-refractivity contribution in [3.05, 3.63) is 65.0 Å². The van der Waals surface area contributed by atoms with Crippen LogP contribution >= 0.6 is 0 Å². The van der Waals surface area contributed by atoms with Gasteiger partial charge in [0.1, 0.15) is 22.5 Å². The van der Waals surface area contributed by atoms with Crippen molar-refractivity contribution in [1.82, 2.24) is 9.97 Å². The van der Waals surface area contributed by atoms with Crippen LogP contribution in [0.25, 0.3) is 33.3 Å². The molecule has 0 saturated heterocycles. The van der Waals surface area contributed by atoms with Gasteiger partial charge in [0.25, 0.3) is 0 Å². The van der Waals surface area contributed by atoms with Crippen LogP contribution in [0.5, 0.6) is 40.4 Å². The van der Waals surface area contributed by atoms with Gasteiger partial charge in [-0.15, -0.1) is 0 Å². The van der Waals surface area contributed by atoms with Crippen molar-refractivity contribution in [3.8, 4) is 51.7 Å². The summed E-state index contributed by atoms with van der Waals surface area (Å²) < 4.78 is 45.7. The molecule has 0 radical (unpaired) electrons. The summed E-state index contributed by atoms with van der Waals surface area (Å²) in [5.74, 6) is 2.78. The number of hydrogen-bond acceptors (Lipinski definition) is 11. The Morgan fingerprint density at radius 2 is 1.36 bits per heavy atom. The van der Waals surface area contributed by atoms with E-state index in [4.69, 9.17) is 37.6 Å². The molecule has 3 aromatic carbocycles. The van der Waals surface area contributed by atoms with Crippen molar-refractivity contribution in [2.45, 2.75) is 25.7 Å². The Morgan fingerprint density at radius 3 is 2.00 bits per heavy atom. The highest BCUT2D eigenvalue weighted by Gasteiger charge is 2.24. The van der Waals surface area contributed by atoms with Gasteiger partial charge in [-0.2, -0.15) is 0 Å². The minimum Gasteiger partial charge on any atom is -0.496 e. The van der Waals surface area contributed by atoms with Gasteiger partial charge in [0.2, 0.25) is 22.8 Å². The number of methoxy groups -OCH3 is 5. The summed E-state index contributed by atoms with van der Waals surface area (Å²) in [5.41, 5.74) is 2.05. The lowest BCUT2D eigenvalue weighted by atomic mass is 10.1. The van der Waals surface area contributed by atoms with E-state index < -0.39 is 0 Å². The normalized spacial score (nSPS) is 11.0. The Labute approximate surface area is 260 Å². The molecule has 236 valence electrons. The molecule has 0 aliphatic rings. The van der Waals surface area contributed by atoms with Crippen LogP contribution in [-0.2, 0) is 0 Å². The first-order valence-electron chi connectivity index (χ1n) is 14.5. The third kappa shape index (κ3) is 6.82. The lowest BCUT2D eigenvalue weighted by molar-refractivity contribution is 0.279. The molecule has 0 unspecified atom stereocenters. The Hall–Kier alpha value is -5.19. The van der Waals surface area contributed by atoms with Crippen molar-refractivity contribution in [3.63, 3.8) is 0 Å². The maximum absolute atomic E-state index is 13.9. The Bertz CT molecular complexity index is 1810. The monoisotopic (exact) mass is 616 g/mol. The minimum absolute atomic E-state index is 0.0541. The smallest absolute Gasteiger partial charge is 0.239 e. The van der Waals surface area contributed by atoms with Gasteiger partial charge < -0.3 is 37.6 Å². The molecule has 45 heavy (non-hydrogen) atoms. The molecule has 0 aliphatic carbocycles. The maximum atomic E-state index is 13.9. The lowest BCUT2D eigenvalue weighted by Crippen LogP contribution is -2.12. The maximum Gasteiger partial charge on any atom is 0.239 e. The van der Waals surface area contributed by atoms with Gasteiger partial charge in [-0.25, -0.2) is 9.97 Å². The van der Waals surface area contributed by atoms with Gasteiger partial charge in [0.05, 0.1) is 66.0 Å². The zero-order chi connectivity index (χ0) is 31.8. The predicted octanol–water partition coefficient (Wildman–Crippen LogP) is 6.46. The summed E-state index contributed by atoms with van der Waals surface area (Å²) in [4.78, 5) is 22.8. The number of nitrogens with zero attached hydrogens (tertiary/aromatic N) is 2. The lowest BCUT2D eigenvalue weighted by Gasteiger charge is -2.17. The molecule has 5 aromatic rings. The molecule has 0 atom stereocenters. The standard InChI is InChI=1S/C34H36N2O9/c1-38-22-18-25(39-2)30-26(19-22)45-32(21-16-27(40-3)33(42-5)28(17-21)41-4)34(31(30)37)44-15-11-7-6-10-14-43-29-20-35-23-12-8-9-13-24(23)36-29/h8-9,12-13,16-20H,6-7,10-11,14-15H2,1-5H3. The van der Waals surface area contributed by atoms with Gasteiger partial charge in [0.15, 0.2) is 17.3 Å². The number of aromatic nitrogens is 2. The number of fused-ring (bicyclic) bond motifs is 2. The Balaban J connectivity index is 1.32. The molecule has 11 heteroatoms. The van der Waals surface area contributed by atoms with Crippen molar-refractivity contribution in [1.29, 1.82) is 0 Å². The third-order valence-electron chi connectivity index (χ3n) is 7.24. The molecule has 0 saturated carbocycles. The molecule has 2 heterocycles. The molecule has 5 rings (SSSR count). The fraction of sp³-hybridized carbons (Fsp3) is 0.324. The zero-order valence-electron chi connectivity index (χ0n) is 26.0. The van der Waals surface area contributed by atoms with Gasteiger partial charge in [-0.3, -0.25) is 4.79 Å². The minimum atomic E-state index is -0.371. The second kappa shape index (κ2) is 14.5. The van der Waals surface area contributed by atoms with Crippen molar-refractivity contribution >= 4 is 22.0 Å². The molecule has 2 aromatic heterocycles. The highest BCUT2D eigenvalue weighted by Crippen LogP contribution is 2.44. The van der Waals surface area contributed by atoms with Crippen LogP contribution in [0.1, 0.15) is 25.7 Å². The van der Waals surface area contributed by atoms with Gasteiger partial charge in [0, 0.05) is 17.7 Å². The number of hydrogen-bond donors (Lipinski definition) is 0. The summed E-state index contributed by atoms with van der Waals surface area (Å²) in [6.07, 6.45) is 4.96. The molecule has 11 nitrogen and oxygen atoms in total. The average molecular weight is 617 g/mol. The van der Waals surface area contributed by atoms with Crippen LogP contribution in [0.2, 0.25) is 0 Å². The van der Waals surface area contributed by atoms with Crippen LogP contribution < -0.4 is 38.6 Å². The van der Waals surface area contributed by atoms with Crippen LogP contribution in [0.3, 0.4) is 0 Å². The van der Waals surface area contributed by atoms with E-state index in [2.05, 4.69) is 9.97 Å². The van der Waals surface area contributed by atoms with E-state index in [0.717, 1.165) is 30.3 Å². The summed E-state index contributed by atoms with van der Waals surface area (Å²) in [6.45, 7) is 0.819. The van der Waals surface area contributed by atoms with Crippen LogP contribution in [0.4, 0.5) is 0 Å². The first-order valence-corrected chi connectivity index (χ1v) is 14.5. The molecule has 0 fully saturated rings. The number of ether oxygens (including phenoxy) is 7. The average Bonchev–Trinajstić information content (AvgIpc) is 3.08. The molecular weight excluding hydrogens is 580 g/mol. The van der Waals surface area contributed by atoms with Gasteiger partial charge in [-0.1, -0.05) is 12.1 Å². The third-order valence-corrected chi connectivity index (χ3v) is 7.24. The van der Waals surface area contributed by atoms with E-state index in [1.165, 1.54) is 35.5 Å². The quantitative estimate of drug-likeness (QED) is 0.120. The molecule has 0 bridgehead atoms. The molecule has 0 aliphatic heterocycles. The summed E-state index contributed by atoms with van der Waals surface area (Å²) in [6, 6.07) is 14.3. The molecule has 0 spiro atoms. The Morgan fingerprint density at radius 1 is 0.689 bits per heavy atom. The zero-order valence-corrected chi connectivity index (χ0v) is 26.0. The van der Waals surface area contributed by atoms with Crippen LogP contribution in [0.15, 0.2) is 63.9 Å². The molecule has 0 N–H and O–H groups in total. The fourth-order valence-corrected chi connectivity index (χ4v) is 4.97. The van der Waals surface area contributed by atoms with Crippen LogP contribution in [-0.4, -0.2) is 58.7 Å². The second-order valence-electron chi connectivity index (χ2n) is 10.0. The van der Waals surface area contributed by atoms with E-state index >= 15 is 0 Å². The summed E-state index contributed by atoms with van der Waals surface area (Å²) in [5, 5.41) is 0.249. The van der Waals surface area contributed by atoms with E-state index in [9.17, 15) is 4.79 Å². The van der Waals surface area contributed by atoms with Crippen LogP contribution in [0, 0.1) is 0 Å². The largest absolute Gasteiger partial charge is 0.496 e. The Kier molecular flexibility index (Phi) is 10.1. The molecular formula is C34H36N2O9. The van der Waals surface area contributed by atoms with E-state index in [1.54, 1.807) is 30.5 Å². The fourth-order valence-electron chi connectivity index (χ4n) is 4.97. The summed E-state index contributed by atoms with van der Waals surface area (Å²) >= 11 is 0. The highest BCUT2D eigenvalue weighted by atomic mass is 16.5. The summed E-state index contributed by atoms with van der Waals surface area (Å²) in [7, 11) is 7.57. The number of para-hydroxylation sites is 2. The van der Waals surface area contributed by atoms with E-state index in [0.29, 0.717) is 59.8 Å². The van der Waals surface area contributed by atoms with Gasteiger partial charge in [-0.05, 0) is 49.9 Å². The van der Waals surface area contributed by atoms with E-state index in [1.807, 2.05) is 24.3 Å². The second-order valence-corrected chi connectivity index (χ2v) is 10.0. The van der Waals surface area contributed by atoms with Gasteiger partial charge >= 0.3 is 0 Å². The SMILES string of the molecule is COc1cc(OC)c2c(=O)c(OCCCCCCOc3cnc4ccccc4n3)c(-c3cc(OC)c(OC)c(OC)c3)oc2c1. The van der Waals surface area contributed by atoms with E-state index in [-0.39, 0.29) is 27.9 Å². The van der Waals surface area contributed by atoms with Crippen molar-refractivity contribution < 1.29 is 37.6 Å².